The quantitative estimate of drug-likeness (QED) is 0.779. The molecule has 16 heavy (non-hydrogen) atoms. The van der Waals surface area contributed by atoms with E-state index < -0.39 is 0 Å². The zero-order valence-electron chi connectivity index (χ0n) is 8.82. The largest absolute Gasteiger partial charge is 0.493 e. The molecule has 0 spiro atoms. The molecule has 0 aliphatic carbocycles. The number of para-hydroxylation sites is 1. The van der Waals surface area contributed by atoms with E-state index in [4.69, 9.17) is 16.3 Å². The molecule has 2 aromatic rings. The van der Waals surface area contributed by atoms with Crippen molar-refractivity contribution in [1.82, 2.24) is 0 Å². The lowest BCUT2D eigenvalue weighted by Crippen LogP contribution is -2.00. The number of benzene rings is 2. The predicted molar refractivity (Wildman–Crippen MR) is 65.9 cm³/mol. The smallest absolute Gasteiger partial charge is 0.127 e. The van der Waals surface area contributed by atoms with E-state index in [1.807, 2.05) is 48.5 Å². The van der Waals surface area contributed by atoms with Crippen molar-refractivity contribution in [2.45, 2.75) is 6.42 Å². The zero-order valence-corrected chi connectivity index (χ0v) is 9.58. The van der Waals surface area contributed by atoms with Crippen LogP contribution in [-0.2, 0) is 6.42 Å². The standard InChI is InChI=1S/C14H12ClO/c15-13-8-6-12(7-9-13)10-11-16-14-4-2-1-3-5-14/h1-4,6-9H,10-11H2. The lowest BCUT2D eigenvalue weighted by atomic mass is 10.2. The lowest BCUT2D eigenvalue weighted by molar-refractivity contribution is 0.321. The van der Waals surface area contributed by atoms with E-state index in [0.717, 1.165) is 17.2 Å². The molecule has 1 nitrogen and oxygen atoms in total. The molecule has 0 saturated heterocycles. The number of hydrogen-bond acceptors (Lipinski definition) is 1. The minimum absolute atomic E-state index is 0.655. The molecule has 2 heteroatoms. The fraction of sp³-hybridized carbons (Fsp3) is 0.143. The highest BCUT2D eigenvalue weighted by Crippen LogP contribution is 2.11. The van der Waals surface area contributed by atoms with Crippen LogP contribution in [0.2, 0.25) is 5.02 Å². The Balaban J connectivity index is 1.82. The summed E-state index contributed by atoms with van der Waals surface area (Å²) in [4.78, 5) is 0. The zero-order chi connectivity index (χ0) is 11.2. The maximum atomic E-state index is 5.81. The fourth-order valence-corrected chi connectivity index (χ4v) is 1.52. The summed E-state index contributed by atoms with van der Waals surface area (Å²) in [5.41, 5.74) is 1.22. The molecule has 2 aromatic carbocycles. The Morgan fingerprint density at radius 2 is 1.88 bits per heavy atom. The third-order valence-corrected chi connectivity index (χ3v) is 2.49. The van der Waals surface area contributed by atoms with Gasteiger partial charge in [-0.25, -0.2) is 0 Å². The van der Waals surface area contributed by atoms with Crippen LogP contribution in [0.1, 0.15) is 5.56 Å². The third-order valence-electron chi connectivity index (χ3n) is 2.24. The highest BCUT2D eigenvalue weighted by atomic mass is 35.5. The van der Waals surface area contributed by atoms with Crippen molar-refractivity contribution in [1.29, 1.82) is 0 Å². The van der Waals surface area contributed by atoms with Gasteiger partial charge in [0.15, 0.2) is 0 Å². The molecule has 0 aliphatic rings. The van der Waals surface area contributed by atoms with E-state index >= 15 is 0 Å². The van der Waals surface area contributed by atoms with Crippen LogP contribution >= 0.6 is 11.6 Å². The Kier molecular flexibility index (Phi) is 3.84. The average molecular weight is 232 g/mol. The van der Waals surface area contributed by atoms with Crippen LogP contribution in [0.25, 0.3) is 0 Å². The summed E-state index contributed by atoms with van der Waals surface area (Å²) in [5, 5.41) is 0.765. The summed E-state index contributed by atoms with van der Waals surface area (Å²) in [7, 11) is 0. The second-order valence-corrected chi connectivity index (χ2v) is 3.89. The number of hydrogen-bond donors (Lipinski definition) is 0. The molecule has 0 heterocycles. The minimum Gasteiger partial charge on any atom is -0.493 e. The van der Waals surface area contributed by atoms with Crippen LogP contribution < -0.4 is 4.74 Å². The maximum Gasteiger partial charge on any atom is 0.127 e. The summed E-state index contributed by atoms with van der Waals surface area (Å²) in [6, 6.07) is 18.4. The fourth-order valence-electron chi connectivity index (χ4n) is 1.40. The van der Waals surface area contributed by atoms with Crippen molar-refractivity contribution in [3.05, 3.63) is 65.2 Å². The van der Waals surface area contributed by atoms with Crippen molar-refractivity contribution in [3.63, 3.8) is 0 Å². The van der Waals surface area contributed by atoms with Gasteiger partial charge >= 0.3 is 0 Å². The Morgan fingerprint density at radius 1 is 1.06 bits per heavy atom. The van der Waals surface area contributed by atoms with Gasteiger partial charge in [-0.05, 0) is 23.8 Å². The van der Waals surface area contributed by atoms with Gasteiger partial charge in [0, 0.05) is 17.5 Å². The predicted octanol–water partition coefficient (Wildman–Crippen LogP) is 3.76. The highest BCUT2D eigenvalue weighted by molar-refractivity contribution is 6.30. The Morgan fingerprint density at radius 3 is 2.56 bits per heavy atom. The molecule has 1 radical (unpaired) electrons. The topological polar surface area (TPSA) is 9.23 Å². The molecule has 0 N–H and O–H groups in total. The summed E-state index contributed by atoms with van der Waals surface area (Å²) in [6.07, 6.45) is 0.875. The molecule has 0 saturated carbocycles. The van der Waals surface area contributed by atoms with Crippen LogP contribution in [0.15, 0.2) is 48.5 Å². The van der Waals surface area contributed by atoms with E-state index in [9.17, 15) is 0 Å². The number of ether oxygens (including phenoxy) is 1. The van der Waals surface area contributed by atoms with Gasteiger partial charge in [0.2, 0.25) is 0 Å². The molecular weight excluding hydrogens is 220 g/mol. The molecule has 0 unspecified atom stereocenters. The molecule has 0 amide bonds. The second kappa shape index (κ2) is 5.57. The second-order valence-electron chi connectivity index (χ2n) is 3.45. The van der Waals surface area contributed by atoms with Crippen LogP contribution in [0.3, 0.4) is 0 Å². The van der Waals surface area contributed by atoms with E-state index in [0.29, 0.717) is 6.61 Å². The first kappa shape index (κ1) is 11.0. The first-order chi connectivity index (χ1) is 7.84. The van der Waals surface area contributed by atoms with Gasteiger partial charge < -0.3 is 4.74 Å². The SMILES string of the molecule is Clc1ccc(CCOc2[c]cccc2)cc1. The van der Waals surface area contributed by atoms with E-state index in [-0.39, 0.29) is 0 Å². The van der Waals surface area contributed by atoms with Crippen LogP contribution in [0.4, 0.5) is 0 Å². The summed E-state index contributed by atoms with van der Waals surface area (Å²) < 4.78 is 5.55. The van der Waals surface area contributed by atoms with Gasteiger partial charge in [0.25, 0.3) is 0 Å². The molecule has 0 aliphatic heterocycles. The van der Waals surface area contributed by atoms with Crippen molar-refractivity contribution >= 4 is 11.6 Å². The minimum atomic E-state index is 0.655. The van der Waals surface area contributed by atoms with Crippen molar-refractivity contribution in [2.24, 2.45) is 0 Å². The summed E-state index contributed by atoms with van der Waals surface area (Å²) >= 11 is 5.81. The van der Waals surface area contributed by atoms with Gasteiger partial charge in [-0.15, -0.1) is 0 Å². The van der Waals surface area contributed by atoms with E-state index in [1.54, 1.807) is 0 Å². The van der Waals surface area contributed by atoms with Crippen molar-refractivity contribution < 1.29 is 4.74 Å². The van der Waals surface area contributed by atoms with Gasteiger partial charge in [0.05, 0.1) is 6.61 Å². The molecule has 81 valence electrons. The maximum absolute atomic E-state index is 5.81. The van der Waals surface area contributed by atoms with Crippen LogP contribution in [0, 0.1) is 6.07 Å². The number of halogens is 1. The normalized spacial score (nSPS) is 10.1. The van der Waals surface area contributed by atoms with Crippen molar-refractivity contribution in [2.75, 3.05) is 6.61 Å². The highest BCUT2D eigenvalue weighted by Gasteiger charge is 1.95. The van der Waals surface area contributed by atoms with Gasteiger partial charge in [-0.3, -0.25) is 0 Å². The molecule has 0 bridgehead atoms. The molecular formula is C14H12ClO. The molecule has 0 fully saturated rings. The van der Waals surface area contributed by atoms with Gasteiger partial charge in [-0.2, -0.15) is 0 Å². The first-order valence-corrected chi connectivity index (χ1v) is 5.56. The van der Waals surface area contributed by atoms with E-state index in [2.05, 4.69) is 6.07 Å². The van der Waals surface area contributed by atoms with Crippen LogP contribution in [0.5, 0.6) is 5.75 Å². The summed E-state index contributed by atoms with van der Waals surface area (Å²) in [5.74, 6) is 0.788. The number of rotatable bonds is 4. The third kappa shape index (κ3) is 3.28. The lowest BCUT2D eigenvalue weighted by Gasteiger charge is -2.05. The summed E-state index contributed by atoms with van der Waals surface area (Å²) in [6.45, 7) is 0.655. The van der Waals surface area contributed by atoms with Gasteiger partial charge in [-0.1, -0.05) is 41.9 Å². The van der Waals surface area contributed by atoms with Crippen molar-refractivity contribution in [3.8, 4) is 5.75 Å². The van der Waals surface area contributed by atoms with E-state index in [1.165, 1.54) is 5.56 Å². The average Bonchev–Trinajstić information content (AvgIpc) is 2.33. The molecule has 0 aromatic heterocycles. The Labute approximate surface area is 101 Å². The first-order valence-electron chi connectivity index (χ1n) is 5.18. The monoisotopic (exact) mass is 231 g/mol. The van der Waals surface area contributed by atoms with Gasteiger partial charge in [0.1, 0.15) is 5.75 Å². The molecule has 0 atom stereocenters. The van der Waals surface area contributed by atoms with Crippen LogP contribution in [-0.4, -0.2) is 6.61 Å². The Bertz CT molecular complexity index is 422. The molecule has 2 rings (SSSR count). The Hall–Kier alpha value is -1.47.